The molecule has 2 unspecified atom stereocenters. The fourth-order valence-corrected chi connectivity index (χ4v) is 4.64. The van der Waals surface area contributed by atoms with Crippen molar-refractivity contribution >= 4 is 17.2 Å². The van der Waals surface area contributed by atoms with Gasteiger partial charge in [0.1, 0.15) is 5.82 Å². The van der Waals surface area contributed by atoms with E-state index in [9.17, 15) is 4.79 Å². The molecule has 5 heteroatoms. The highest BCUT2D eigenvalue weighted by molar-refractivity contribution is 5.99. The van der Waals surface area contributed by atoms with Crippen molar-refractivity contribution in [3.63, 3.8) is 0 Å². The highest BCUT2D eigenvalue weighted by atomic mass is 19.1. The van der Waals surface area contributed by atoms with Gasteiger partial charge in [0.15, 0.2) is 0 Å². The van der Waals surface area contributed by atoms with E-state index in [0.717, 1.165) is 36.3 Å². The van der Waals surface area contributed by atoms with Crippen molar-refractivity contribution in [2.75, 3.05) is 24.5 Å². The van der Waals surface area contributed by atoms with Gasteiger partial charge in [-0.2, -0.15) is 0 Å². The second-order valence-electron chi connectivity index (χ2n) is 7.42. The van der Waals surface area contributed by atoms with Gasteiger partial charge in [-0.3, -0.25) is 4.79 Å². The lowest BCUT2D eigenvalue weighted by molar-refractivity contribution is 0.0999. The molecule has 0 radical (unpaired) electrons. The lowest BCUT2D eigenvalue weighted by atomic mass is 9.94. The van der Waals surface area contributed by atoms with E-state index in [1.807, 2.05) is 13.8 Å². The van der Waals surface area contributed by atoms with Gasteiger partial charge >= 0.3 is 0 Å². The molecule has 2 atom stereocenters. The van der Waals surface area contributed by atoms with Crippen molar-refractivity contribution in [3.8, 4) is 0 Å². The smallest absolute Gasteiger partial charge is 0.249 e. The Morgan fingerprint density at radius 2 is 2.17 bits per heavy atom. The van der Waals surface area contributed by atoms with Crippen LogP contribution in [0, 0.1) is 11.7 Å². The average Bonchev–Trinajstić information content (AvgIpc) is 3.09. The van der Waals surface area contributed by atoms with Gasteiger partial charge < -0.3 is 16.0 Å². The zero-order valence-electron chi connectivity index (χ0n) is 14.3. The molecular weight excluding hydrogens is 305 g/mol. The van der Waals surface area contributed by atoms with Crippen LogP contribution in [0.15, 0.2) is 11.6 Å². The molecule has 24 heavy (non-hydrogen) atoms. The molecule has 3 aliphatic rings. The summed E-state index contributed by atoms with van der Waals surface area (Å²) in [4.78, 5) is 14.0. The number of nitrogens with one attached hydrogen (secondary N) is 1. The van der Waals surface area contributed by atoms with Gasteiger partial charge in [-0.1, -0.05) is 5.57 Å². The highest BCUT2D eigenvalue weighted by Gasteiger charge is 2.38. The molecule has 4 nitrogen and oxygen atoms in total. The zero-order chi connectivity index (χ0) is 17.0. The third-order valence-electron chi connectivity index (χ3n) is 6.00. The number of anilines is 1. The zero-order valence-corrected chi connectivity index (χ0v) is 14.3. The summed E-state index contributed by atoms with van der Waals surface area (Å²) in [5.74, 6) is -0.289. The van der Waals surface area contributed by atoms with E-state index < -0.39 is 5.91 Å². The maximum absolute atomic E-state index is 15.0. The first-order valence-electron chi connectivity index (χ1n) is 8.77. The van der Waals surface area contributed by atoms with Crippen LogP contribution in [-0.4, -0.2) is 31.6 Å². The van der Waals surface area contributed by atoms with E-state index in [1.165, 1.54) is 24.5 Å². The number of carbonyl (C=O) groups is 1. The Morgan fingerprint density at radius 3 is 2.88 bits per heavy atom. The molecule has 1 aliphatic carbocycles. The number of allylic oxidation sites excluding steroid dienone is 2. The highest BCUT2D eigenvalue weighted by Crippen LogP contribution is 2.44. The number of hydrogen-bond donors (Lipinski definition) is 2. The molecule has 1 aromatic rings. The van der Waals surface area contributed by atoms with Crippen LogP contribution in [0.2, 0.25) is 0 Å². The minimum atomic E-state index is -0.545. The SMILES string of the molecule is CC1=C(C)c2c(c(C(N)=O)cc(F)c2N2CC3CCCNC3C2)C1. The number of carbonyl (C=O) groups excluding carboxylic acids is 1. The van der Waals surface area contributed by atoms with Gasteiger partial charge in [-0.25, -0.2) is 4.39 Å². The van der Waals surface area contributed by atoms with Crippen LogP contribution in [0.5, 0.6) is 0 Å². The number of piperidine rings is 1. The standard InChI is InChI=1S/C19H24FN3O/c1-10-6-13-14(19(21)24)7-15(20)18(17(13)11(10)2)23-8-12-4-3-5-22-16(12)9-23/h7,12,16,22H,3-6,8-9H2,1-2H3,(H2,21,24). The topological polar surface area (TPSA) is 58.4 Å². The number of nitrogens with zero attached hydrogens (tertiary/aromatic N) is 1. The fourth-order valence-electron chi connectivity index (χ4n) is 4.64. The van der Waals surface area contributed by atoms with Crippen LogP contribution in [0.3, 0.4) is 0 Å². The Labute approximate surface area is 141 Å². The summed E-state index contributed by atoms with van der Waals surface area (Å²) in [6.07, 6.45) is 3.07. The van der Waals surface area contributed by atoms with Gasteiger partial charge in [-0.05, 0) is 62.8 Å². The first kappa shape index (κ1) is 15.6. The summed E-state index contributed by atoms with van der Waals surface area (Å²) in [7, 11) is 0. The summed E-state index contributed by atoms with van der Waals surface area (Å²) in [6.45, 7) is 6.83. The summed E-state index contributed by atoms with van der Waals surface area (Å²) in [6, 6.07) is 1.79. The van der Waals surface area contributed by atoms with Crippen LogP contribution in [0.4, 0.5) is 10.1 Å². The lowest BCUT2D eigenvalue weighted by Gasteiger charge is -2.24. The van der Waals surface area contributed by atoms with E-state index in [0.29, 0.717) is 29.6 Å². The predicted octanol–water partition coefficient (Wildman–Crippen LogP) is 2.46. The van der Waals surface area contributed by atoms with E-state index >= 15 is 4.39 Å². The van der Waals surface area contributed by atoms with E-state index in [2.05, 4.69) is 10.2 Å². The number of halogens is 1. The number of primary amides is 1. The summed E-state index contributed by atoms with van der Waals surface area (Å²) in [5, 5.41) is 3.57. The van der Waals surface area contributed by atoms with Crippen molar-refractivity contribution < 1.29 is 9.18 Å². The molecule has 0 saturated carbocycles. The maximum Gasteiger partial charge on any atom is 0.249 e. The van der Waals surface area contributed by atoms with Gasteiger partial charge in [0, 0.05) is 30.3 Å². The van der Waals surface area contributed by atoms with Crippen molar-refractivity contribution in [1.29, 1.82) is 0 Å². The Kier molecular flexibility index (Phi) is 3.64. The number of benzene rings is 1. The number of fused-ring (bicyclic) bond motifs is 2. The third kappa shape index (κ3) is 2.25. The molecule has 128 valence electrons. The monoisotopic (exact) mass is 329 g/mol. The molecule has 2 saturated heterocycles. The van der Waals surface area contributed by atoms with E-state index in [-0.39, 0.29) is 5.82 Å². The van der Waals surface area contributed by atoms with Gasteiger partial charge in [0.05, 0.1) is 5.69 Å². The molecule has 1 amide bonds. The van der Waals surface area contributed by atoms with Crippen LogP contribution in [0.1, 0.15) is 48.2 Å². The molecule has 2 aliphatic heterocycles. The third-order valence-corrected chi connectivity index (χ3v) is 6.00. The molecule has 4 rings (SSSR count). The first-order valence-corrected chi connectivity index (χ1v) is 8.77. The molecule has 1 aromatic carbocycles. The number of amides is 1. The molecule has 0 bridgehead atoms. The molecule has 2 heterocycles. The molecular formula is C19H24FN3O. The van der Waals surface area contributed by atoms with Gasteiger partial charge in [0.2, 0.25) is 5.91 Å². The van der Waals surface area contributed by atoms with Crippen LogP contribution in [0.25, 0.3) is 5.57 Å². The van der Waals surface area contributed by atoms with Crippen LogP contribution in [-0.2, 0) is 6.42 Å². The Balaban J connectivity index is 1.82. The summed E-state index contributed by atoms with van der Waals surface area (Å²) < 4.78 is 15.0. The van der Waals surface area contributed by atoms with Crippen molar-refractivity contribution in [2.45, 2.75) is 39.2 Å². The second-order valence-corrected chi connectivity index (χ2v) is 7.42. The molecule has 0 aromatic heterocycles. The molecule has 2 fully saturated rings. The largest absolute Gasteiger partial charge is 0.367 e. The van der Waals surface area contributed by atoms with Gasteiger partial charge in [0.25, 0.3) is 0 Å². The van der Waals surface area contributed by atoms with Crippen molar-refractivity contribution in [3.05, 3.63) is 34.1 Å². The van der Waals surface area contributed by atoms with E-state index in [1.54, 1.807) is 0 Å². The molecule has 3 N–H and O–H groups in total. The Morgan fingerprint density at radius 1 is 1.38 bits per heavy atom. The lowest BCUT2D eigenvalue weighted by Crippen LogP contribution is -2.40. The minimum absolute atomic E-state index is 0.324. The predicted molar refractivity (Wildman–Crippen MR) is 93.6 cm³/mol. The van der Waals surface area contributed by atoms with Gasteiger partial charge in [-0.15, -0.1) is 0 Å². The van der Waals surface area contributed by atoms with E-state index in [4.69, 9.17) is 5.73 Å². The number of hydrogen-bond acceptors (Lipinski definition) is 3. The number of nitrogens with two attached hydrogens (primary N) is 1. The van der Waals surface area contributed by atoms with Crippen molar-refractivity contribution in [1.82, 2.24) is 5.32 Å². The van der Waals surface area contributed by atoms with Crippen LogP contribution >= 0.6 is 0 Å². The minimum Gasteiger partial charge on any atom is -0.367 e. The van der Waals surface area contributed by atoms with Crippen molar-refractivity contribution in [2.24, 2.45) is 11.7 Å². The maximum atomic E-state index is 15.0. The Bertz CT molecular complexity index is 741. The quantitative estimate of drug-likeness (QED) is 0.876. The Hall–Kier alpha value is -1.88. The second kappa shape index (κ2) is 5.59. The van der Waals surface area contributed by atoms with Crippen LogP contribution < -0.4 is 16.0 Å². The first-order chi connectivity index (χ1) is 11.5. The fraction of sp³-hybridized carbons (Fsp3) is 0.526. The summed E-state index contributed by atoms with van der Waals surface area (Å²) in [5.41, 5.74) is 10.6. The number of rotatable bonds is 2. The summed E-state index contributed by atoms with van der Waals surface area (Å²) >= 11 is 0. The average molecular weight is 329 g/mol. The molecule has 0 spiro atoms. The normalized spacial score (nSPS) is 25.9.